The number of fused-ring (bicyclic) bond motifs is 1. The monoisotopic (exact) mass is 178 g/mol. The van der Waals surface area contributed by atoms with Gasteiger partial charge in [-0.25, -0.2) is 19.6 Å². The number of carbonyl (C=O) groups excluding carboxylic acids is 2. The lowest BCUT2D eigenvalue weighted by molar-refractivity contribution is 0.0441. The summed E-state index contributed by atoms with van der Waals surface area (Å²) in [5.41, 5.74) is 0.235. The van der Waals surface area contributed by atoms with Gasteiger partial charge in [0, 0.05) is 12.6 Å². The Balaban J connectivity index is 2.58. The number of carbonyl (C=O) groups is 2. The molecule has 2 heterocycles. The van der Waals surface area contributed by atoms with Gasteiger partial charge >= 0.3 is 11.9 Å². The quantitative estimate of drug-likeness (QED) is 0.458. The highest BCUT2D eigenvalue weighted by Crippen LogP contribution is 2.16. The van der Waals surface area contributed by atoms with Gasteiger partial charge < -0.3 is 4.74 Å². The summed E-state index contributed by atoms with van der Waals surface area (Å²) in [7, 11) is 0. The number of cyclic esters (lactones) is 2. The van der Waals surface area contributed by atoms with Gasteiger partial charge in [-0.15, -0.1) is 0 Å². The fourth-order valence-corrected chi connectivity index (χ4v) is 1.08. The van der Waals surface area contributed by atoms with Crippen LogP contribution < -0.4 is 0 Å². The van der Waals surface area contributed by atoms with Crippen molar-refractivity contribution in [2.75, 3.05) is 0 Å². The van der Waals surface area contributed by atoms with Crippen LogP contribution in [0.3, 0.4) is 0 Å². The van der Waals surface area contributed by atoms with Crippen molar-refractivity contribution in [1.82, 2.24) is 9.97 Å². The Morgan fingerprint density at radius 2 is 2.15 bits per heavy atom. The number of esters is 2. The number of hydrogen-bond donors (Lipinski definition) is 0. The Bertz CT molecular complexity index is 400. The van der Waals surface area contributed by atoms with Crippen LogP contribution >= 0.6 is 0 Å². The number of aromatic nitrogens is 2. The van der Waals surface area contributed by atoms with E-state index in [1.54, 1.807) is 0 Å². The number of aryl methyl sites for hydroxylation is 1. The average Bonchev–Trinajstić information content (AvgIpc) is 2.42. The van der Waals surface area contributed by atoms with Gasteiger partial charge in [0.15, 0.2) is 5.69 Å². The first-order chi connectivity index (χ1) is 6.22. The molecule has 0 atom stereocenters. The average molecular weight is 178 g/mol. The topological polar surface area (TPSA) is 69.2 Å². The molecule has 0 N–H and O–H groups in total. The van der Waals surface area contributed by atoms with E-state index in [1.165, 1.54) is 6.20 Å². The third-order valence-corrected chi connectivity index (χ3v) is 1.75. The van der Waals surface area contributed by atoms with E-state index in [9.17, 15) is 9.59 Å². The smallest absolute Gasteiger partial charge is 0.365 e. The molecule has 1 aliphatic rings. The Kier molecular flexibility index (Phi) is 1.58. The Hall–Kier alpha value is -1.78. The molecular formula is C8H6N2O3. The van der Waals surface area contributed by atoms with Crippen LogP contribution in [-0.4, -0.2) is 21.9 Å². The van der Waals surface area contributed by atoms with Crippen LogP contribution in [0.15, 0.2) is 6.20 Å². The second kappa shape index (κ2) is 2.62. The minimum Gasteiger partial charge on any atom is -0.384 e. The van der Waals surface area contributed by atoms with E-state index in [0.717, 1.165) is 0 Å². The fourth-order valence-electron chi connectivity index (χ4n) is 1.08. The van der Waals surface area contributed by atoms with Crippen molar-refractivity contribution in [3.05, 3.63) is 23.3 Å². The highest BCUT2D eigenvalue weighted by molar-refractivity contribution is 6.13. The van der Waals surface area contributed by atoms with Crippen LogP contribution in [0.1, 0.15) is 33.6 Å². The van der Waals surface area contributed by atoms with Crippen LogP contribution in [0.25, 0.3) is 0 Å². The zero-order valence-electron chi connectivity index (χ0n) is 6.90. The standard InChI is InChI=1S/C8H6N2O3/c1-2-5-9-3-4-6(10-5)8(12)13-7(4)11/h3H,2H2,1H3. The molecule has 0 saturated heterocycles. The van der Waals surface area contributed by atoms with Crippen LogP contribution in [0.2, 0.25) is 0 Å². The van der Waals surface area contributed by atoms with Gasteiger partial charge in [0.2, 0.25) is 0 Å². The second-order valence-corrected chi connectivity index (χ2v) is 2.58. The van der Waals surface area contributed by atoms with Gasteiger partial charge in [0.25, 0.3) is 0 Å². The molecule has 66 valence electrons. The summed E-state index contributed by atoms with van der Waals surface area (Å²) in [6.07, 6.45) is 1.95. The molecule has 0 aliphatic carbocycles. The predicted molar refractivity (Wildman–Crippen MR) is 41.2 cm³/mol. The van der Waals surface area contributed by atoms with Crippen molar-refractivity contribution in [2.24, 2.45) is 0 Å². The fraction of sp³-hybridized carbons (Fsp3) is 0.250. The maximum absolute atomic E-state index is 11.0. The van der Waals surface area contributed by atoms with Gasteiger partial charge in [-0.3, -0.25) is 0 Å². The third-order valence-electron chi connectivity index (χ3n) is 1.75. The minimum absolute atomic E-state index is 0.0804. The molecule has 5 nitrogen and oxygen atoms in total. The third kappa shape index (κ3) is 1.09. The maximum Gasteiger partial charge on any atom is 0.365 e. The molecule has 0 amide bonds. The Morgan fingerprint density at radius 1 is 1.38 bits per heavy atom. The highest BCUT2D eigenvalue weighted by atomic mass is 16.6. The molecule has 0 fully saturated rings. The van der Waals surface area contributed by atoms with Gasteiger partial charge in [0.1, 0.15) is 11.4 Å². The highest BCUT2D eigenvalue weighted by Gasteiger charge is 2.31. The molecular weight excluding hydrogens is 172 g/mol. The van der Waals surface area contributed by atoms with E-state index < -0.39 is 11.9 Å². The van der Waals surface area contributed by atoms with E-state index in [0.29, 0.717) is 12.2 Å². The molecule has 0 aromatic carbocycles. The van der Waals surface area contributed by atoms with E-state index in [2.05, 4.69) is 14.7 Å². The molecule has 0 unspecified atom stereocenters. The van der Waals surface area contributed by atoms with Crippen molar-refractivity contribution in [3.63, 3.8) is 0 Å². The van der Waals surface area contributed by atoms with E-state index in [1.807, 2.05) is 6.92 Å². The van der Waals surface area contributed by atoms with E-state index in [-0.39, 0.29) is 11.3 Å². The van der Waals surface area contributed by atoms with Gasteiger partial charge in [-0.2, -0.15) is 0 Å². The predicted octanol–water partition coefficient (Wildman–Crippen LogP) is 0.350. The zero-order valence-corrected chi connectivity index (χ0v) is 6.90. The largest absolute Gasteiger partial charge is 0.384 e. The number of nitrogens with zero attached hydrogens (tertiary/aromatic N) is 2. The lowest BCUT2D eigenvalue weighted by Crippen LogP contribution is -2.02. The summed E-state index contributed by atoms with van der Waals surface area (Å²) < 4.78 is 4.35. The molecule has 13 heavy (non-hydrogen) atoms. The summed E-state index contributed by atoms with van der Waals surface area (Å²) in [6.45, 7) is 1.86. The summed E-state index contributed by atoms with van der Waals surface area (Å²) >= 11 is 0. The molecule has 1 aliphatic heterocycles. The van der Waals surface area contributed by atoms with E-state index in [4.69, 9.17) is 0 Å². The first-order valence-corrected chi connectivity index (χ1v) is 3.84. The molecule has 0 radical (unpaired) electrons. The second-order valence-electron chi connectivity index (χ2n) is 2.58. The van der Waals surface area contributed by atoms with Crippen molar-refractivity contribution in [3.8, 4) is 0 Å². The van der Waals surface area contributed by atoms with Crippen molar-refractivity contribution in [2.45, 2.75) is 13.3 Å². The lowest BCUT2D eigenvalue weighted by atomic mass is 10.2. The van der Waals surface area contributed by atoms with Gasteiger partial charge in [-0.1, -0.05) is 6.92 Å². The Morgan fingerprint density at radius 3 is 2.85 bits per heavy atom. The van der Waals surface area contributed by atoms with Crippen molar-refractivity contribution >= 4 is 11.9 Å². The normalized spacial score (nSPS) is 14.2. The summed E-state index contributed by atoms with van der Waals surface area (Å²) in [6, 6.07) is 0. The van der Waals surface area contributed by atoms with Crippen LogP contribution in [0.4, 0.5) is 0 Å². The van der Waals surface area contributed by atoms with Gasteiger partial charge in [-0.05, 0) is 0 Å². The summed E-state index contributed by atoms with van der Waals surface area (Å²) in [5, 5.41) is 0. The van der Waals surface area contributed by atoms with Gasteiger partial charge in [0.05, 0.1) is 0 Å². The lowest BCUT2D eigenvalue weighted by Gasteiger charge is -1.94. The molecule has 0 bridgehead atoms. The zero-order chi connectivity index (χ0) is 9.42. The maximum atomic E-state index is 11.0. The van der Waals surface area contributed by atoms with Crippen LogP contribution in [0.5, 0.6) is 0 Å². The minimum atomic E-state index is -0.683. The molecule has 1 aromatic rings. The molecule has 5 heteroatoms. The molecule has 0 saturated carbocycles. The molecule has 0 spiro atoms. The van der Waals surface area contributed by atoms with Crippen LogP contribution in [-0.2, 0) is 11.2 Å². The Labute approximate surface area is 73.8 Å². The first-order valence-electron chi connectivity index (χ1n) is 3.84. The SMILES string of the molecule is CCc1ncc2c(n1)C(=O)OC2=O. The van der Waals surface area contributed by atoms with Crippen LogP contribution in [0, 0.1) is 0 Å². The molecule has 2 rings (SSSR count). The van der Waals surface area contributed by atoms with Crippen molar-refractivity contribution < 1.29 is 14.3 Å². The number of hydrogen-bond acceptors (Lipinski definition) is 5. The molecule has 1 aromatic heterocycles. The number of rotatable bonds is 1. The first kappa shape index (κ1) is 7.85. The summed E-state index contributed by atoms with van der Waals surface area (Å²) in [4.78, 5) is 29.7. The van der Waals surface area contributed by atoms with Crippen molar-refractivity contribution in [1.29, 1.82) is 0 Å². The number of ether oxygens (including phenoxy) is 1. The summed E-state index contributed by atoms with van der Waals surface area (Å²) in [5.74, 6) is -0.815. The van der Waals surface area contributed by atoms with E-state index >= 15 is 0 Å².